The van der Waals surface area contributed by atoms with Crippen LogP contribution in [-0.2, 0) is 11.8 Å². The van der Waals surface area contributed by atoms with Crippen molar-refractivity contribution in [1.82, 2.24) is 4.98 Å². The zero-order chi connectivity index (χ0) is 37.9. The van der Waals surface area contributed by atoms with Crippen LogP contribution in [-0.4, -0.2) is 11.1 Å². The maximum absolute atomic E-state index is 7.16. The van der Waals surface area contributed by atoms with Crippen molar-refractivity contribution in [2.24, 2.45) is 11.7 Å². The Morgan fingerprint density at radius 2 is 1.49 bits per heavy atom. The zero-order valence-corrected chi connectivity index (χ0v) is 31.9. The zero-order valence-electron chi connectivity index (χ0n) is 31.9. The van der Waals surface area contributed by atoms with Crippen molar-refractivity contribution in [3.8, 4) is 17.0 Å². The average Bonchev–Trinajstić information content (AvgIpc) is 3.58. The van der Waals surface area contributed by atoms with Crippen LogP contribution in [0.1, 0.15) is 81.8 Å². The van der Waals surface area contributed by atoms with Crippen LogP contribution in [0.5, 0.6) is 5.75 Å². The monoisotopic (exact) mass is 736 g/mol. The first-order valence-corrected chi connectivity index (χ1v) is 20.6. The molecule has 0 amide bonds. The van der Waals surface area contributed by atoms with Gasteiger partial charge in [0.2, 0.25) is 0 Å². The number of rotatable bonds is 5. The van der Waals surface area contributed by atoms with Gasteiger partial charge in [0.05, 0.1) is 16.8 Å². The number of para-hydroxylation sites is 1. The largest absolute Gasteiger partial charge is 0.485 e. The summed E-state index contributed by atoms with van der Waals surface area (Å²) < 4.78 is 7.16. The maximum Gasteiger partial charge on any atom is 0.132 e. The minimum atomic E-state index is -0.284. The smallest absolute Gasteiger partial charge is 0.132 e. The molecule has 1 aromatic heterocycles. The summed E-state index contributed by atoms with van der Waals surface area (Å²) in [5.41, 5.74) is 24.5. The number of nitrogens with zero attached hydrogens (tertiary/aromatic N) is 1. The molecular weight excluding hydrogens is 693 g/mol. The predicted molar refractivity (Wildman–Crippen MR) is 234 cm³/mol. The normalized spacial score (nSPS) is 23.7. The van der Waals surface area contributed by atoms with Gasteiger partial charge in [0, 0.05) is 40.3 Å². The Balaban J connectivity index is 1.04. The van der Waals surface area contributed by atoms with Crippen LogP contribution in [0.15, 0.2) is 176 Å². The molecule has 3 heteroatoms. The second-order valence-corrected chi connectivity index (χ2v) is 16.0. The number of hydrogen-bond donors (Lipinski definition) is 1. The first kappa shape index (κ1) is 33.9. The van der Waals surface area contributed by atoms with Crippen LogP contribution in [0.4, 0.5) is 0 Å². The van der Waals surface area contributed by atoms with E-state index in [2.05, 4.69) is 164 Å². The van der Waals surface area contributed by atoms with Crippen LogP contribution >= 0.6 is 0 Å². The number of hydrogen-bond acceptors (Lipinski definition) is 3. The Labute approximate surface area is 335 Å². The summed E-state index contributed by atoms with van der Waals surface area (Å²) in [6.45, 7) is 0. The summed E-state index contributed by atoms with van der Waals surface area (Å²) >= 11 is 0. The Morgan fingerprint density at radius 3 is 2.33 bits per heavy atom. The second kappa shape index (κ2) is 13.6. The number of allylic oxidation sites excluding steroid dienone is 11. The fourth-order valence-corrected chi connectivity index (χ4v) is 10.8. The summed E-state index contributed by atoms with van der Waals surface area (Å²) in [6, 6.07) is 37.1. The van der Waals surface area contributed by atoms with E-state index in [1.54, 1.807) is 6.20 Å². The van der Waals surface area contributed by atoms with Crippen molar-refractivity contribution in [2.75, 3.05) is 0 Å². The van der Waals surface area contributed by atoms with Gasteiger partial charge in [0.25, 0.3) is 0 Å². The van der Waals surface area contributed by atoms with Crippen LogP contribution in [0.2, 0.25) is 0 Å². The van der Waals surface area contributed by atoms with Gasteiger partial charge in [-0.15, -0.1) is 0 Å². The molecule has 0 fully saturated rings. The van der Waals surface area contributed by atoms with E-state index in [1.165, 1.54) is 55.7 Å². The topological polar surface area (TPSA) is 48.1 Å². The van der Waals surface area contributed by atoms with E-state index >= 15 is 0 Å². The van der Waals surface area contributed by atoms with Gasteiger partial charge in [-0.05, 0) is 88.3 Å². The molecule has 0 saturated carbocycles. The van der Waals surface area contributed by atoms with Crippen LogP contribution < -0.4 is 10.5 Å². The summed E-state index contributed by atoms with van der Waals surface area (Å²) in [5.74, 6) is 1.34. The van der Waals surface area contributed by atoms with Crippen LogP contribution in [0.3, 0.4) is 0 Å². The lowest BCUT2D eigenvalue weighted by atomic mass is 9.58. The van der Waals surface area contributed by atoms with Crippen LogP contribution in [0.25, 0.3) is 34.1 Å². The highest BCUT2D eigenvalue weighted by atomic mass is 16.5. The molecular formula is C54H44N2O. The lowest BCUT2D eigenvalue weighted by molar-refractivity contribution is 0.138. The fourth-order valence-electron chi connectivity index (χ4n) is 10.8. The minimum absolute atomic E-state index is 0.0601. The van der Waals surface area contributed by atoms with E-state index in [9.17, 15) is 0 Å². The highest BCUT2D eigenvalue weighted by Gasteiger charge is 2.56. The third-order valence-electron chi connectivity index (χ3n) is 13.1. The van der Waals surface area contributed by atoms with Gasteiger partial charge in [0.1, 0.15) is 11.9 Å². The van der Waals surface area contributed by atoms with E-state index in [4.69, 9.17) is 15.5 Å². The Bertz CT molecular complexity index is 2700. The van der Waals surface area contributed by atoms with Gasteiger partial charge in [0.15, 0.2) is 0 Å². The molecule has 0 saturated heterocycles. The van der Waals surface area contributed by atoms with Crippen LogP contribution in [0, 0.1) is 5.92 Å². The van der Waals surface area contributed by atoms with E-state index < -0.39 is 0 Å². The van der Waals surface area contributed by atoms with Gasteiger partial charge >= 0.3 is 0 Å². The average molecular weight is 737 g/mol. The SMILES string of the molecule is NC=C(c1ccccc1)c1nc(-c2ccccc2)c(C2C=CC(c3cccc4c3OC3C=CC=CC3C43C4=C(C=CCC4)c4ccccc43)=CC2)c2c1CCC=C2. The molecule has 4 unspecified atom stereocenters. The summed E-state index contributed by atoms with van der Waals surface area (Å²) in [7, 11) is 0. The second-order valence-electron chi connectivity index (χ2n) is 16.0. The Morgan fingerprint density at radius 1 is 0.737 bits per heavy atom. The number of aromatic nitrogens is 1. The van der Waals surface area contributed by atoms with E-state index in [1.807, 2.05) is 6.07 Å². The number of fused-ring (bicyclic) bond motifs is 9. The molecule has 1 spiro atoms. The molecule has 0 radical (unpaired) electrons. The third kappa shape index (κ3) is 5.15. The molecule has 1 aliphatic heterocycles. The van der Waals surface area contributed by atoms with Crippen molar-refractivity contribution in [3.63, 3.8) is 0 Å². The van der Waals surface area contributed by atoms with Gasteiger partial charge in [-0.2, -0.15) is 0 Å². The van der Waals surface area contributed by atoms with Crippen molar-refractivity contribution in [1.29, 1.82) is 0 Å². The lowest BCUT2D eigenvalue weighted by Gasteiger charge is -2.49. The standard InChI is InChI=1S/C54H44N2O/c55-34-44(35-16-3-1-4-17-35)52-43-23-8-7-22-42(43)50(51(56-52)38-18-5-2-6-19-38)37-32-30-36(31-33-37)39-24-15-28-48-53(39)57-49-29-14-13-27-47(49)54(48)45-25-11-9-20-40(45)41-21-10-12-26-46(41)54/h1-7,9-11,13-22,24-25,27-32,34,37,47,49H,8,12,23,26,33,55H2. The van der Waals surface area contributed by atoms with Gasteiger partial charge in [-0.1, -0.05) is 164 Å². The maximum atomic E-state index is 7.16. The molecule has 276 valence electrons. The van der Waals surface area contributed by atoms with Gasteiger partial charge < -0.3 is 10.5 Å². The number of nitrogens with two attached hydrogens (primary N) is 1. The van der Waals surface area contributed by atoms with Crippen molar-refractivity contribution in [3.05, 3.63) is 226 Å². The molecule has 0 bridgehead atoms. The Kier molecular flexibility index (Phi) is 8.10. The molecule has 2 N–H and O–H groups in total. The predicted octanol–water partition coefficient (Wildman–Crippen LogP) is 12.1. The molecule has 6 aliphatic rings. The summed E-state index contributed by atoms with van der Waals surface area (Å²) in [6.07, 6.45) is 32.2. The number of benzene rings is 4. The highest BCUT2D eigenvalue weighted by Crippen LogP contribution is 2.63. The first-order valence-electron chi connectivity index (χ1n) is 20.6. The molecule has 5 aliphatic carbocycles. The third-order valence-corrected chi connectivity index (χ3v) is 13.1. The molecule has 11 rings (SSSR count). The molecule has 5 aromatic rings. The van der Waals surface area contributed by atoms with E-state index in [0.717, 1.165) is 65.9 Å². The quantitative estimate of drug-likeness (QED) is 0.195. The number of pyridine rings is 1. The lowest BCUT2D eigenvalue weighted by Crippen LogP contribution is -2.48. The minimum Gasteiger partial charge on any atom is -0.485 e. The molecule has 3 nitrogen and oxygen atoms in total. The van der Waals surface area contributed by atoms with Gasteiger partial charge in [-0.3, -0.25) is 0 Å². The number of ether oxygens (including phenoxy) is 1. The Hall–Kier alpha value is -6.45. The summed E-state index contributed by atoms with van der Waals surface area (Å²) in [5, 5.41) is 0. The molecule has 2 heterocycles. The summed E-state index contributed by atoms with van der Waals surface area (Å²) in [4.78, 5) is 5.57. The highest BCUT2D eigenvalue weighted by molar-refractivity contribution is 5.91. The van der Waals surface area contributed by atoms with Gasteiger partial charge in [-0.25, -0.2) is 4.98 Å². The molecule has 4 aromatic carbocycles. The van der Waals surface area contributed by atoms with Crippen molar-refractivity contribution >= 4 is 22.8 Å². The fraction of sp³-hybridized carbons (Fsp3) is 0.167. The van der Waals surface area contributed by atoms with Crippen molar-refractivity contribution < 1.29 is 4.74 Å². The van der Waals surface area contributed by atoms with Crippen molar-refractivity contribution in [2.45, 2.75) is 49.5 Å². The molecule has 4 atom stereocenters. The molecule has 57 heavy (non-hydrogen) atoms. The van der Waals surface area contributed by atoms with E-state index in [0.29, 0.717) is 0 Å². The van der Waals surface area contributed by atoms with E-state index in [-0.39, 0.29) is 23.4 Å². The first-order chi connectivity index (χ1) is 28.3.